The molecule has 0 spiro atoms. The van der Waals surface area contributed by atoms with Crippen molar-refractivity contribution in [1.82, 2.24) is 4.57 Å². The molecule has 0 amide bonds. The molecule has 0 aliphatic heterocycles. The highest BCUT2D eigenvalue weighted by Crippen LogP contribution is 2.16. The first kappa shape index (κ1) is 11.6. The molecule has 0 fully saturated rings. The Balaban J connectivity index is 2.43. The molecule has 0 atom stereocenters. The van der Waals surface area contributed by atoms with E-state index < -0.39 is 0 Å². The largest absolute Gasteiger partial charge is 0.284 e. The molecule has 0 N–H and O–H groups in total. The summed E-state index contributed by atoms with van der Waals surface area (Å²) in [4.78, 5) is 11.8. The fourth-order valence-electron chi connectivity index (χ4n) is 1.81. The zero-order valence-corrected chi connectivity index (χ0v) is 10.5. The molecular formula is C15H17NO. The average molecular weight is 227 g/mol. The molecule has 17 heavy (non-hydrogen) atoms. The third-order valence-corrected chi connectivity index (χ3v) is 2.91. The van der Waals surface area contributed by atoms with Crippen LogP contribution < -0.4 is 5.56 Å². The van der Waals surface area contributed by atoms with Crippen LogP contribution in [-0.4, -0.2) is 4.57 Å². The maximum Gasteiger partial charge on any atom is 0.255 e. The Bertz CT molecular complexity index is 564. The topological polar surface area (TPSA) is 22.0 Å². The number of benzene rings is 1. The zero-order valence-electron chi connectivity index (χ0n) is 10.5. The molecule has 0 saturated heterocycles. The van der Waals surface area contributed by atoms with Crippen LogP contribution in [-0.2, 0) is 0 Å². The predicted octanol–water partition coefficient (Wildman–Crippen LogP) is 3.27. The number of hydrogen-bond acceptors (Lipinski definition) is 1. The molecule has 0 radical (unpaired) electrons. The smallest absolute Gasteiger partial charge is 0.255 e. The molecule has 2 nitrogen and oxygen atoms in total. The molecule has 2 rings (SSSR count). The van der Waals surface area contributed by atoms with Crippen LogP contribution in [0.2, 0.25) is 0 Å². The van der Waals surface area contributed by atoms with E-state index in [1.165, 1.54) is 5.56 Å². The second-order valence-corrected chi connectivity index (χ2v) is 4.66. The van der Waals surface area contributed by atoms with Crippen LogP contribution in [0.4, 0.5) is 0 Å². The van der Waals surface area contributed by atoms with E-state index in [9.17, 15) is 4.79 Å². The number of hydrogen-bond donors (Lipinski definition) is 0. The highest BCUT2D eigenvalue weighted by molar-refractivity contribution is 5.36. The van der Waals surface area contributed by atoms with Crippen LogP contribution in [0.1, 0.15) is 30.9 Å². The number of aryl methyl sites for hydroxylation is 1. The van der Waals surface area contributed by atoms with Crippen molar-refractivity contribution in [2.45, 2.75) is 26.7 Å². The van der Waals surface area contributed by atoms with Gasteiger partial charge in [0, 0.05) is 18.0 Å². The summed E-state index contributed by atoms with van der Waals surface area (Å²) in [5.41, 5.74) is 3.21. The minimum atomic E-state index is 0.0160. The van der Waals surface area contributed by atoms with E-state index in [0.717, 1.165) is 11.3 Å². The van der Waals surface area contributed by atoms with Crippen molar-refractivity contribution in [2.75, 3.05) is 0 Å². The zero-order chi connectivity index (χ0) is 12.4. The Morgan fingerprint density at radius 2 is 1.71 bits per heavy atom. The molecule has 1 aromatic carbocycles. The van der Waals surface area contributed by atoms with E-state index >= 15 is 0 Å². The van der Waals surface area contributed by atoms with Crippen LogP contribution in [0.5, 0.6) is 0 Å². The summed E-state index contributed by atoms with van der Waals surface area (Å²) in [6.07, 6.45) is 1.82. The molecule has 0 aliphatic rings. The van der Waals surface area contributed by atoms with Gasteiger partial charge in [-0.25, -0.2) is 0 Å². The van der Waals surface area contributed by atoms with Crippen LogP contribution in [0, 0.1) is 6.92 Å². The Hall–Kier alpha value is -1.83. The number of nitrogens with zero attached hydrogens (tertiary/aromatic N) is 1. The highest BCUT2D eigenvalue weighted by atomic mass is 16.1. The van der Waals surface area contributed by atoms with E-state index in [4.69, 9.17) is 0 Å². The van der Waals surface area contributed by atoms with Crippen molar-refractivity contribution in [3.63, 3.8) is 0 Å². The van der Waals surface area contributed by atoms with Crippen molar-refractivity contribution in [2.24, 2.45) is 0 Å². The maximum absolute atomic E-state index is 11.8. The minimum absolute atomic E-state index is 0.0160. The van der Waals surface area contributed by atoms with Gasteiger partial charge in [0.2, 0.25) is 0 Å². The summed E-state index contributed by atoms with van der Waals surface area (Å²) in [6, 6.07) is 11.7. The summed E-state index contributed by atoms with van der Waals surface area (Å²) >= 11 is 0. The van der Waals surface area contributed by atoms with E-state index in [1.54, 1.807) is 10.6 Å². The summed E-state index contributed by atoms with van der Waals surface area (Å²) in [6.45, 7) is 6.24. The van der Waals surface area contributed by atoms with Gasteiger partial charge in [0.05, 0.1) is 0 Å². The molecule has 1 heterocycles. The summed E-state index contributed by atoms with van der Waals surface area (Å²) < 4.78 is 1.66. The molecule has 2 aromatic rings. The number of rotatable bonds is 2. The Kier molecular flexibility index (Phi) is 3.14. The van der Waals surface area contributed by atoms with Gasteiger partial charge in [-0.3, -0.25) is 9.36 Å². The molecule has 2 heteroatoms. The lowest BCUT2D eigenvalue weighted by molar-refractivity contribution is 0.864. The number of aromatic nitrogens is 1. The molecule has 0 bridgehead atoms. The first-order valence-corrected chi connectivity index (χ1v) is 5.87. The monoisotopic (exact) mass is 227 g/mol. The Morgan fingerprint density at radius 1 is 1.06 bits per heavy atom. The second-order valence-electron chi connectivity index (χ2n) is 4.66. The van der Waals surface area contributed by atoms with Gasteiger partial charge in [-0.1, -0.05) is 26.0 Å². The van der Waals surface area contributed by atoms with Crippen molar-refractivity contribution in [3.05, 3.63) is 64.1 Å². The summed E-state index contributed by atoms with van der Waals surface area (Å²) in [5, 5.41) is 0. The first-order chi connectivity index (χ1) is 8.08. The Labute approximate surface area is 102 Å². The fraction of sp³-hybridized carbons (Fsp3) is 0.267. The van der Waals surface area contributed by atoms with Gasteiger partial charge in [0.1, 0.15) is 0 Å². The fourth-order valence-corrected chi connectivity index (χ4v) is 1.81. The second kappa shape index (κ2) is 4.58. The minimum Gasteiger partial charge on any atom is -0.284 e. The molecular weight excluding hydrogens is 210 g/mol. The summed E-state index contributed by atoms with van der Waals surface area (Å²) in [7, 11) is 0. The lowest BCUT2D eigenvalue weighted by Gasteiger charge is -2.09. The SMILES string of the molecule is Cc1ccn(-c2ccc(C(C)C)cc2)c(=O)c1. The standard InChI is InChI=1S/C15H17NO/c1-11(2)13-4-6-14(7-5-13)16-9-8-12(3)10-15(16)17/h4-11H,1-3H3. The van der Waals surface area contributed by atoms with Crippen LogP contribution in [0.3, 0.4) is 0 Å². The Morgan fingerprint density at radius 3 is 2.24 bits per heavy atom. The number of pyridine rings is 1. The quantitative estimate of drug-likeness (QED) is 0.771. The van der Waals surface area contributed by atoms with Gasteiger partial charge >= 0.3 is 0 Å². The molecule has 0 unspecified atom stereocenters. The van der Waals surface area contributed by atoms with E-state index in [0.29, 0.717) is 5.92 Å². The van der Waals surface area contributed by atoms with Crippen molar-refractivity contribution in [3.8, 4) is 5.69 Å². The van der Waals surface area contributed by atoms with Crippen LogP contribution in [0.15, 0.2) is 47.4 Å². The van der Waals surface area contributed by atoms with Crippen molar-refractivity contribution in [1.29, 1.82) is 0 Å². The lowest BCUT2D eigenvalue weighted by Crippen LogP contribution is -2.16. The molecule has 1 aromatic heterocycles. The van der Waals surface area contributed by atoms with Crippen molar-refractivity contribution >= 4 is 0 Å². The van der Waals surface area contributed by atoms with Crippen LogP contribution >= 0.6 is 0 Å². The normalized spacial score (nSPS) is 10.8. The van der Waals surface area contributed by atoms with Gasteiger partial charge in [0.15, 0.2) is 0 Å². The van der Waals surface area contributed by atoms with Gasteiger partial charge < -0.3 is 0 Å². The summed E-state index contributed by atoms with van der Waals surface area (Å²) in [5.74, 6) is 0.513. The van der Waals surface area contributed by atoms with E-state index in [2.05, 4.69) is 26.0 Å². The predicted molar refractivity (Wildman–Crippen MR) is 70.9 cm³/mol. The van der Waals surface area contributed by atoms with E-state index in [-0.39, 0.29) is 5.56 Å². The third-order valence-electron chi connectivity index (χ3n) is 2.91. The molecule has 88 valence electrons. The van der Waals surface area contributed by atoms with Gasteiger partial charge in [-0.05, 0) is 42.2 Å². The average Bonchev–Trinajstić information content (AvgIpc) is 2.29. The van der Waals surface area contributed by atoms with Gasteiger partial charge in [-0.2, -0.15) is 0 Å². The maximum atomic E-state index is 11.8. The first-order valence-electron chi connectivity index (χ1n) is 5.87. The highest BCUT2D eigenvalue weighted by Gasteiger charge is 2.01. The van der Waals surface area contributed by atoms with E-state index in [1.807, 2.05) is 31.3 Å². The molecule has 0 saturated carbocycles. The third kappa shape index (κ3) is 2.47. The lowest BCUT2D eigenvalue weighted by atomic mass is 10.0. The van der Waals surface area contributed by atoms with Gasteiger partial charge in [0.25, 0.3) is 5.56 Å². The van der Waals surface area contributed by atoms with Crippen LogP contribution in [0.25, 0.3) is 5.69 Å². The van der Waals surface area contributed by atoms with Crippen molar-refractivity contribution < 1.29 is 0 Å². The molecule has 0 aliphatic carbocycles. The van der Waals surface area contributed by atoms with Gasteiger partial charge in [-0.15, -0.1) is 0 Å².